The van der Waals surface area contributed by atoms with Crippen molar-refractivity contribution in [2.75, 3.05) is 6.61 Å². The third-order valence-corrected chi connectivity index (χ3v) is 16.0. The fraction of sp³-hybridized carbons (Fsp3) is 0.776. The second-order valence-electron chi connectivity index (χ2n) is 23.9. The van der Waals surface area contributed by atoms with Crippen LogP contribution in [0.2, 0.25) is 0 Å². The molecule has 0 aliphatic carbocycles. The highest BCUT2D eigenvalue weighted by molar-refractivity contribution is 5.76. The van der Waals surface area contributed by atoms with E-state index in [-0.39, 0.29) is 12.5 Å². The summed E-state index contributed by atoms with van der Waals surface area (Å²) < 4.78 is 0. The van der Waals surface area contributed by atoms with E-state index >= 15 is 0 Å². The number of amides is 1. The average molecular weight is 1110 g/mol. The number of rotatable bonds is 65. The minimum absolute atomic E-state index is 0.0749. The molecule has 0 rings (SSSR count). The molecule has 2 atom stereocenters. The first kappa shape index (κ1) is 77.3. The highest BCUT2D eigenvalue weighted by atomic mass is 16.3. The Balaban J connectivity index is 3.50. The number of unbranched alkanes of at least 4 members (excludes halogenated alkanes) is 44. The average Bonchev–Trinajstić information content (AvgIpc) is 3.46. The van der Waals surface area contributed by atoms with E-state index in [9.17, 15) is 15.0 Å². The maximum Gasteiger partial charge on any atom is 0.220 e. The van der Waals surface area contributed by atoms with Crippen molar-refractivity contribution in [3.8, 4) is 0 Å². The number of nitrogens with one attached hydrogen (secondary N) is 1. The van der Waals surface area contributed by atoms with Gasteiger partial charge < -0.3 is 15.5 Å². The maximum atomic E-state index is 12.5. The van der Waals surface area contributed by atoms with Gasteiger partial charge in [0.05, 0.1) is 18.8 Å². The Morgan fingerprint density at radius 3 is 0.875 bits per heavy atom. The number of hydrogen-bond acceptors (Lipinski definition) is 3. The SMILES string of the molecule is CC/C=C\C/C=C\C/C=C\C/C=C\C/C=C\CCCCCCCCCCCCCCCCCCCCCC(=O)NC(CO)C(O)/C=C/CC/C=C/CC/C=C/CCCCCCCCCCCCCCCCCCCCCCCCC. The van der Waals surface area contributed by atoms with Crippen molar-refractivity contribution >= 4 is 5.91 Å². The van der Waals surface area contributed by atoms with Gasteiger partial charge in [0.15, 0.2) is 0 Å². The van der Waals surface area contributed by atoms with E-state index in [1.54, 1.807) is 6.08 Å². The van der Waals surface area contributed by atoms with Crippen LogP contribution in [0.25, 0.3) is 0 Å². The topological polar surface area (TPSA) is 69.6 Å². The molecule has 2 unspecified atom stereocenters. The first-order chi connectivity index (χ1) is 39.7. The Morgan fingerprint density at radius 1 is 0.312 bits per heavy atom. The molecule has 0 aliphatic rings. The van der Waals surface area contributed by atoms with E-state index in [0.717, 1.165) is 70.6 Å². The Hall–Kier alpha value is -2.69. The Labute approximate surface area is 500 Å². The number of carbonyl (C=O) groups is 1. The minimum Gasteiger partial charge on any atom is -0.394 e. The predicted octanol–water partition coefficient (Wildman–Crippen LogP) is 24.4. The van der Waals surface area contributed by atoms with Crippen molar-refractivity contribution < 1.29 is 15.0 Å². The van der Waals surface area contributed by atoms with E-state index in [1.165, 1.54) is 270 Å². The summed E-state index contributed by atoms with van der Waals surface area (Å²) in [6.07, 6.45) is 105. The molecule has 0 aromatic rings. The molecule has 1 amide bonds. The van der Waals surface area contributed by atoms with Crippen molar-refractivity contribution in [1.82, 2.24) is 5.32 Å². The predicted molar refractivity (Wildman–Crippen MR) is 359 cm³/mol. The van der Waals surface area contributed by atoms with Crippen molar-refractivity contribution in [3.63, 3.8) is 0 Å². The lowest BCUT2D eigenvalue weighted by Crippen LogP contribution is -2.45. The van der Waals surface area contributed by atoms with Gasteiger partial charge in [-0.05, 0) is 89.9 Å². The van der Waals surface area contributed by atoms with Gasteiger partial charge in [-0.3, -0.25) is 4.79 Å². The van der Waals surface area contributed by atoms with Gasteiger partial charge in [-0.2, -0.15) is 0 Å². The van der Waals surface area contributed by atoms with Crippen LogP contribution in [0.4, 0.5) is 0 Å². The molecule has 3 N–H and O–H groups in total. The molecule has 0 saturated heterocycles. The van der Waals surface area contributed by atoms with Crippen LogP contribution >= 0.6 is 0 Å². The lowest BCUT2D eigenvalue weighted by atomic mass is 10.0. The second-order valence-corrected chi connectivity index (χ2v) is 23.9. The molecule has 0 bridgehead atoms. The number of hydrogen-bond donors (Lipinski definition) is 3. The highest BCUT2D eigenvalue weighted by Gasteiger charge is 2.18. The van der Waals surface area contributed by atoms with Gasteiger partial charge in [-0.25, -0.2) is 0 Å². The standard InChI is InChI=1S/C76H137NO3/c1-3-5-7-9-11-13-15-17-19-21-23-25-27-29-31-33-35-37-38-40-42-44-46-48-50-52-54-56-58-60-62-64-66-68-70-72-76(80)77-74(73-78)75(79)71-69-67-65-63-61-59-57-55-53-51-49-47-45-43-41-39-36-34-32-30-28-26-24-22-20-18-16-14-12-10-8-6-4-2/h5,7,11,13,17,19,23,25,29,31,53,55,61,63,69,71,74-75,78-79H,3-4,6,8-10,12,14-16,18,20-22,24,26-28,30,32-52,54,56-60,62,64-68,70,72-73H2,1-2H3,(H,77,80)/b7-5-,13-11-,19-17-,25-23-,31-29-,55-53+,63-61+,71-69+. The molecule has 0 spiro atoms. The van der Waals surface area contributed by atoms with Crippen LogP contribution in [0, 0.1) is 0 Å². The number of aliphatic hydroxyl groups is 2. The van der Waals surface area contributed by atoms with Crippen LogP contribution in [0.15, 0.2) is 97.2 Å². The molecule has 0 radical (unpaired) electrons. The molecule has 4 heteroatoms. The molecular weight excluding hydrogens is 975 g/mol. The normalized spacial score (nSPS) is 13.3. The summed E-state index contributed by atoms with van der Waals surface area (Å²) in [7, 11) is 0. The van der Waals surface area contributed by atoms with Crippen molar-refractivity contribution in [2.24, 2.45) is 0 Å². The fourth-order valence-corrected chi connectivity index (χ4v) is 10.7. The third kappa shape index (κ3) is 66.1. The lowest BCUT2D eigenvalue weighted by molar-refractivity contribution is -0.123. The number of aliphatic hydroxyl groups excluding tert-OH is 2. The van der Waals surface area contributed by atoms with E-state index in [1.807, 2.05) is 6.08 Å². The van der Waals surface area contributed by atoms with Crippen LogP contribution in [-0.2, 0) is 4.79 Å². The van der Waals surface area contributed by atoms with Gasteiger partial charge in [0, 0.05) is 6.42 Å². The van der Waals surface area contributed by atoms with Gasteiger partial charge in [0.2, 0.25) is 5.91 Å². The molecule has 80 heavy (non-hydrogen) atoms. The van der Waals surface area contributed by atoms with Gasteiger partial charge in [0.1, 0.15) is 0 Å². The summed E-state index contributed by atoms with van der Waals surface area (Å²) in [5, 5.41) is 23.3. The largest absolute Gasteiger partial charge is 0.394 e. The molecule has 0 aromatic carbocycles. The molecule has 0 saturated carbocycles. The molecule has 0 heterocycles. The summed E-state index contributed by atoms with van der Waals surface area (Å²) >= 11 is 0. The summed E-state index contributed by atoms with van der Waals surface area (Å²) in [4.78, 5) is 12.5. The molecule has 0 aromatic heterocycles. The van der Waals surface area contributed by atoms with Gasteiger partial charge in [-0.15, -0.1) is 0 Å². The first-order valence-electron chi connectivity index (χ1n) is 35.5. The second kappa shape index (κ2) is 70.6. The van der Waals surface area contributed by atoms with Gasteiger partial charge in [-0.1, -0.05) is 361 Å². The third-order valence-electron chi connectivity index (χ3n) is 16.0. The molecule has 464 valence electrons. The number of carbonyl (C=O) groups excluding carboxylic acids is 1. The Morgan fingerprint density at radius 2 is 0.562 bits per heavy atom. The van der Waals surface area contributed by atoms with Gasteiger partial charge >= 0.3 is 0 Å². The highest BCUT2D eigenvalue weighted by Crippen LogP contribution is 2.18. The van der Waals surface area contributed by atoms with Crippen LogP contribution in [-0.4, -0.2) is 34.9 Å². The maximum absolute atomic E-state index is 12.5. The minimum atomic E-state index is -0.876. The first-order valence-corrected chi connectivity index (χ1v) is 35.5. The molecular formula is C76H137NO3. The van der Waals surface area contributed by atoms with E-state index in [0.29, 0.717) is 6.42 Å². The summed E-state index contributed by atoms with van der Waals surface area (Å²) in [5.41, 5.74) is 0. The van der Waals surface area contributed by atoms with Crippen molar-refractivity contribution in [1.29, 1.82) is 0 Å². The zero-order chi connectivity index (χ0) is 57.6. The Kier molecular flexibility index (Phi) is 68.2. The fourth-order valence-electron chi connectivity index (χ4n) is 10.7. The summed E-state index contributed by atoms with van der Waals surface area (Å²) in [5.74, 6) is -0.0749. The summed E-state index contributed by atoms with van der Waals surface area (Å²) in [6.45, 7) is 4.21. The molecule has 0 fully saturated rings. The van der Waals surface area contributed by atoms with Crippen LogP contribution < -0.4 is 5.32 Å². The van der Waals surface area contributed by atoms with Crippen LogP contribution in [0.5, 0.6) is 0 Å². The molecule has 0 aliphatic heterocycles. The quantitative estimate of drug-likeness (QED) is 0.0420. The molecule has 4 nitrogen and oxygen atoms in total. The van der Waals surface area contributed by atoms with E-state index in [2.05, 4.69) is 104 Å². The zero-order valence-corrected chi connectivity index (χ0v) is 53.6. The van der Waals surface area contributed by atoms with Crippen molar-refractivity contribution in [2.45, 2.75) is 373 Å². The van der Waals surface area contributed by atoms with Crippen LogP contribution in [0.3, 0.4) is 0 Å². The van der Waals surface area contributed by atoms with E-state index in [4.69, 9.17) is 0 Å². The van der Waals surface area contributed by atoms with E-state index < -0.39 is 12.1 Å². The summed E-state index contributed by atoms with van der Waals surface area (Å²) in [6, 6.07) is -0.651. The lowest BCUT2D eigenvalue weighted by Gasteiger charge is -2.19. The van der Waals surface area contributed by atoms with Crippen molar-refractivity contribution in [3.05, 3.63) is 97.2 Å². The Bertz CT molecular complexity index is 1450. The number of allylic oxidation sites excluding steroid dienone is 15. The smallest absolute Gasteiger partial charge is 0.220 e. The zero-order valence-electron chi connectivity index (χ0n) is 53.6. The monoisotopic (exact) mass is 1110 g/mol. The van der Waals surface area contributed by atoms with Gasteiger partial charge in [0.25, 0.3) is 0 Å². The van der Waals surface area contributed by atoms with Crippen LogP contribution in [0.1, 0.15) is 361 Å².